The summed E-state index contributed by atoms with van der Waals surface area (Å²) in [6, 6.07) is 4.60. The average Bonchev–Trinajstić information content (AvgIpc) is 3.47. The molecule has 1 unspecified atom stereocenters. The van der Waals surface area contributed by atoms with E-state index < -0.39 is 6.10 Å². The van der Waals surface area contributed by atoms with Crippen molar-refractivity contribution in [1.29, 1.82) is 0 Å². The SMILES string of the molecule is CCCCCCCCCCCCCC(=O)OC1CCCn2c1nc(C)c(CCN1CCC(c3noc4cc(F)ccc34)CC1)c2=O. The molecule has 2 aliphatic heterocycles. The summed E-state index contributed by atoms with van der Waals surface area (Å²) in [6.07, 6.45) is 17.7. The predicted octanol–water partition coefficient (Wildman–Crippen LogP) is 8.33. The van der Waals surface area contributed by atoms with Crippen LogP contribution < -0.4 is 5.56 Å². The van der Waals surface area contributed by atoms with Crippen LogP contribution in [-0.2, 0) is 22.5 Å². The van der Waals surface area contributed by atoms with Gasteiger partial charge in [0, 0.05) is 48.1 Å². The van der Waals surface area contributed by atoms with Crippen LogP contribution in [-0.4, -0.2) is 45.2 Å². The summed E-state index contributed by atoms with van der Waals surface area (Å²) in [6.45, 7) is 7.35. The molecule has 8 nitrogen and oxygen atoms in total. The van der Waals surface area contributed by atoms with Gasteiger partial charge >= 0.3 is 5.97 Å². The molecule has 2 aliphatic rings. The summed E-state index contributed by atoms with van der Waals surface area (Å²) in [5.74, 6) is 0.374. The van der Waals surface area contributed by atoms with Crippen molar-refractivity contribution in [2.75, 3.05) is 19.6 Å². The first-order valence-electron chi connectivity index (χ1n) is 18.0. The molecule has 0 radical (unpaired) electrons. The third kappa shape index (κ3) is 9.05. The van der Waals surface area contributed by atoms with E-state index in [0.29, 0.717) is 37.2 Å². The maximum atomic E-state index is 13.6. The Morgan fingerprint density at radius 2 is 1.67 bits per heavy atom. The van der Waals surface area contributed by atoms with Crippen molar-refractivity contribution in [3.05, 3.63) is 57.1 Å². The summed E-state index contributed by atoms with van der Waals surface area (Å²) in [4.78, 5) is 33.5. The Morgan fingerprint density at radius 1 is 0.978 bits per heavy atom. The first-order valence-corrected chi connectivity index (χ1v) is 18.0. The van der Waals surface area contributed by atoms with Crippen LogP contribution in [0.4, 0.5) is 4.39 Å². The van der Waals surface area contributed by atoms with Gasteiger partial charge in [-0.25, -0.2) is 9.37 Å². The minimum absolute atomic E-state index is 0.00444. The highest BCUT2D eigenvalue weighted by atomic mass is 19.1. The molecule has 0 spiro atoms. The van der Waals surface area contributed by atoms with Crippen LogP contribution in [0.5, 0.6) is 0 Å². The monoisotopic (exact) mass is 636 g/mol. The molecule has 4 heterocycles. The number of aromatic nitrogens is 3. The number of likely N-dealkylation sites (tertiary alicyclic amines) is 1. The molecule has 0 aliphatic carbocycles. The van der Waals surface area contributed by atoms with Gasteiger partial charge in [0.25, 0.3) is 5.56 Å². The van der Waals surface area contributed by atoms with E-state index in [1.165, 1.54) is 69.9 Å². The molecule has 1 saturated heterocycles. The molecule has 5 rings (SSSR count). The summed E-state index contributed by atoms with van der Waals surface area (Å²) in [5.41, 5.74) is 2.90. The van der Waals surface area contributed by atoms with Gasteiger partial charge in [-0.05, 0) is 70.7 Å². The number of benzene rings is 1. The number of carbonyl (C=O) groups is 1. The molecular weight excluding hydrogens is 583 g/mol. The van der Waals surface area contributed by atoms with Gasteiger partial charge in [0.15, 0.2) is 17.5 Å². The molecule has 9 heteroatoms. The highest BCUT2D eigenvalue weighted by molar-refractivity contribution is 5.79. The molecule has 0 saturated carbocycles. The normalized spacial score (nSPS) is 17.4. The second kappa shape index (κ2) is 17.2. The number of hydrogen-bond acceptors (Lipinski definition) is 7. The summed E-state index contributed by atoms with van der Waals surface area (Å²) < 4.78 is 26.6. The number of halogens is 1. The third-order valence-corrected chi connectivity index (χ3v) is 10.0. The lowest BCUT2D eigenvalue weighted by Gasteiger charge is -2.31. The lowest BCUT2D eigenvalue weighted by molar-refractivity contribution is -0.151. The van der Waals surface area contributed by atoms with Crippen molar-refractivity contribution in [1.82, 2.24) is 19.6 Å². The Labute approximate surface area is 273 Å². The Morgan fingerprint density at radius 3 is 2.39 bits per heavy atom. The fourth-order valence-electron chi connectivity index (χ4n) is 7.22. The molecule has 1 aromatic carbocycles. The summed E-state index contributed by atoms with van der Waals surface area (Å²) in [7, 11) is 0. The van der Waals surface area contributed by atoms with Crippen LogP contribution in [0.3, 0.4) is 0 Å². The molecule has 2 aromatic heterocycles. The van der Waals surface area contributed by atoms with Crippen molar-refractivity contribution in [3.63, 3.8) is 0 Å². The van der Waals surface area contributed by atoms with Crippen molar-refractivity contribution in [3.8, 4) is 0 Å². The number of carbonyl (C=O) groups excluding carboxylic acids is 1. The molecule has 3 aromatic rings. The number of rotatable bonds is 17. The number of fused-ring (bicyclic) bond motifs is 2. The summed E-state index contributed by atoms with van der Waals surface area (Å²) >= 11 is 0. The van der Waals surface area contributed by atoms with E-state index in [4.69, 9.17) is 14.2 Å². The first-order chi connectivity index (χ1) is 22.4. The number of ether oxygens (including phenoxy) is 1. The Hall–Kier alpha value is -3.07. The van der Waals surface area contributed by atoms with Crippen LogP contribution in [0.2, 0.25) is 0 Å². The number of piperidine rings is 1. The molecular formula is C37H53FN4O4. The summed E-state index contributed by atoms with van der Waals surface area (Å²) in [5, 5.41) is 5.15. The van der Waals surface area contributed by atoms with Gasteiger partial charge in [-0.15, -0.1) is 0 Å². The third-order valence-electron chi connectivity index (χ3n) is 10.0. The molecule has 0 bridgehead atoms. The molecule has 1 fully saturated rings. The fourth-order valence-corrected chi connectivity index (χ4v) is 7.22. The maximum Gasteiger partial charge on any atom is 0.306 e. The average molecular weight is 637 g/mol. The first kappa shape index (κ1) is 34.3. The van der Waals surface area contributed by atoms with Crippen LogP contribution in [0.25, 0.3) is 11.0 Å². The second-order valence-corrected chi connectivity index (χ2v) is 13.5. The van der Waals surface area contributed by atoms with Crippen molar-refractivity contribution in [2.45, 2.75) is 142 Å². The highest BCUT2D eigenvalue weighted by Crippen LogP contribution is 2.33. The van der Waals surface area contributed by atoms with E-state index in [2.05, 4.69) is 17.0 Å². The van der Waals surface area contributed by atoms with Gasteiger partial charge in [-0.3, -0.25) is 14.2 Å². The van der Waals surface area contributed by atoms with Gasteiger partial charge in [0.2, 0.25) is 0 Å². The zero-order valence-corrected chi connectivity index (χ0v) is 28.0. The van der Waals surface area contributed by atoms with Crippen molar-refractivity contribution >= 4 is 16.9 Å². The van der Waals surface area contributed by atoms with Gasteiger partial charge in [-0.1, -0.05) is 76.3 Å². The van der Waals surface area contributed by atoms with Crippen LogP contribution in [0, 0.1) is 12.7 Å². The van der Waals surface area contributed by atoms with E-state index in [9.17, 15) is 14.0 Å². The van der Waals surface area contributed by atoms with Crippen LogP contribution in [0.15, 0.2) is 27.5 Å². The molecule has 46 heavy (non-hydrogen) atoms. The van der Waals surface area contributed by atoms with E-state index in [1.807, 2.05) is 6.92 Å². The Bertz CT molecular complexity index is 1480. The minimum Gasteiger partial charge on any atom is -0.454 e. The predicted molar refractivity (Wildman–Crippen MR) is 178 cm³/mol. The van der Waals surface area contributed by atoms with Crippen molar-refractivity contribution in [2.24, 2.45) is 0 Å². The number of unbranched alkanes of at least 4 members (excludes halogenated alkanes) is 10. The standard InChI is InChI=1S/C37H53FN4O4/c1-3-4-5-6-7-8-9-10-11-12-13-16-34(43)45-32-15-14-22-42-36(32)39-27(2)30(37(42)44)21-25-41-23-19-28(20-24-41)35-31-18-17-29(38)26-33(31)46-40-35/h17-18,26,28,32H,3-16,19-25H2,1-2H3. The largest absolute Gasteiger partial charge is 0.454 e. The smallest absolute Gasteiger partial charge is 0.306 e. The number of hydrogen-bond donors (Lipinski definition) is 0. The van der Waals surface area contributed by atoms with E-state index in [1.54, 1.807) is 10.6 Å². The maximum absolute atomic E-state index is 13.6. The van der Waals surface area contributed by atoms with Crippen LogP contribution >= 0.6 is 0 Å². The Kier molecular flexibility index (Phi) is 12.8. The lowest BCUT2D eigenvalue weighted by atomic mass is 9.91. The molecule has 252 valence electrons. The van der Waals surface area contributed by atoms with E-state index >= 15 is 0 Å². The van der Waals surface area contributed by atoms with Gasteiger partial charge < -0.3 is 14.2 Å². The zero-order chi connectivity index (χ0) is 32.3. The molecule has 0 amide bonds. The second-order valence-electron chi connectivity index (χ2n) is 13.5. The fraction of sp³-hybridized carbons (Fsp3) is 0.676. The number of nitrogens with zero attached hydrogens (tertiary/aromatic N) is 4. The van der Waals surface area contributed by atoms with Gasteiger partial charge in [0.1, 0.15) is 5.82 Å². The van der Waals surface area contributed by atoms with Crippen LogP contribution in [0.1, 0.15) is 144 Å². The number of esters is 1. The van der Waals surface area contributed by atoms with Crippen molar-refractivity contribution < 1.29 is 18.4 Å². The van der Waals surface area contributed by atoms with Gasteiger partial charge in [0.05, 0.1) is 5.69 Å². The highest BCUT2D eigenvalue weighted by Gasteiger charge is 2.29. The van der Waals surface area contributed by atoms with E-state index in [-0.39, 0.29) is 23.3 Å². The van der Waals surface area contributed by atoms with Gasteiger partial charge in [-0.2, -0.15) is 0 Å². The minimum atomic E-state index is -0.447. The molecule has 0 N–H and O–H groups in total. The molecule has 1 atom stereocenters. The number of aryl methyl sites for hydroxylation is 1. The topological polar surface area (TPSA) is 90.5 Å². The Balaban J connectivity index is 1.05. The van der Waals surface area contributed by atoms with E-state index in [0.717, 1.165) is 74.1 Å². The lowest BCUT2D eigenvalue weighted by Crippen LogP contribution is -2.38. The zero-order valence-electron chi connectivity index (χ0n) is 28.0. The quantitative estimate of drug-likeness (QED) is 0.109.